The van der Waals surface area contributed by atoms with E-state index in [-0.39, 0.29) is 11.8 Å². The maximum Gasteiger partial charge on any atom is 0.116 e. The molecule has 0 aliphatic heterocycles. The summed E-state index contributed by atoms with van der Waals surface area (Å²) in [6, 6.07) is 8.35. The van der Waals surface area contributed by atoms with Crippen molar-refractivity contribution in [1.29, 1.82) is 0 Å². The molecule has 1 aliphatic carbocycles. The first-order valence-electron chi connectivity index (χ1n) is 10.2. The van der Waals surface area contributed by atoms with Crippen molar-refractivity contribution in [3.8, 4) is 11.3 Å². The van der Waals surface area contributed by atoms with Gasteiger partial charge in [-0.05, 0) is 18.8 Å². The molecule has 146 valence electrons. The molecule has 0 amide bonds. The minimum Gasteiger partial charge on any atom is -0.283 e. The average Bonchev–Trinajstić information content (AvgIpc) is 3.28. The maximum absolute atomic E-state index is 5.22. The van der Waals surface area contributed by atoms with Gasteiger partial charge in [0.05, 0.1) is 34.2 Å². The summed E-state index contributed by atoms with van der Waals surface area (Å²) in [6.07, 6.45) is 0. The summed E-state index contributed by atoms with van der Waals surface area (Å²) in [6.45, 7) is 11.5. The molecule has 1 aliphatic rings. The van der Waals surface area contributed by atoms with E-state index in [0.29, 0.717) is 6.54 Å². The minimum atomic E-state index is 0.271. The summed E-state index contributed by atoms with van der Waals surface area (Å²) in [4.78, 5) is 15.2. The zero-order valence-corrected chi connectivity index (χ0v) is 18.1. The molecular weight excluding hydrogens is 378 g/mol. The van der Waals surface area contributed by atoms with Crippen molar-refractivity contribution >= 4 is 39.5 Å². The maximum atomic E-state index is 5.22. The second-order valence-electron chi connectivity index (χ2n) is 8.08. The summed E-state index contributed by atoms with van der Waals surface area (Å²) in [5.41, 5.74) is 11.1. The zero-order chi connectivity index (χ0) is 20.3. The van der Waals surface area contributed by atoms with Crippen LogP contribution in [-0.2, 0) is 0 Å². The lowest BCUT2D eigenvalue weighted by molar-refractivity contribution is 0.864. The summed E-state index contributed by atoms with van der Waals surface area (Å²) < 4.78 is 9.31. The Morgan fingerprint density at radius 3 is 1.90 bits per heavy atom. The van der Waals surface area contributed by atoms with E-state index in [2.05, 4.69) is 67.6 Å². The molecule has 2 aromatic heterocycles. The molecule has 29 heavy (non-hydrogen) atoms. The molecule has 0 fully saturated rings. The standard InChI is InChI=1S/C23H23N5S/c1-6-24-17-13-9-7-8-10-14(13)18-23(17)26-20-16(12(4)5)22-21(27-29-28-22)15(11(2)3)19(20)25-18/h7-12H,6H2,1-5H3. The van der Waals surface area contributed by atoms with Crippen molar-refractivity contribution in [2.75, 3.05) is 6.54 Å². The predicted molar refractivity (Wildman–Crippen MR) is 120 cm³/mol. The highest BCUT2D eigenvalue weighted by Crippen LogP contribution is 2.41. The first kappa shape index (κ1) is 18.3. The van der Waals surface area contributed by atoms with Gasteiger partial charge in [0.2, 0.25) is 0 Å². The van der Waals surface area contributed by atoms with Gasteiger partial charge in [0.1, 0.15) is 16.7 Å². The molecule has 0 bridgehead atoms. The van der Waals surface area contributed by atoms with Crippen LogP contribution in [0.5, 0.6) is 0 Å². The minimum absolute atomic E-state index is 0.271. The fourth-order valence-corrected chi connectivity index (χ4v) is 4.94. The van der Waals surface area contributed by atoms with Gasteiger partial charge >= 0.3 is 0 Å². The lowest BCUT2D eigenvalue weighted by Crippen LogP contribution is -2.07. The normalized spacial score (nSPS) is 14.5. The van der Waals surface area contributed by atoms with E-state index in [4.69, 9.17) is 15.0 Å². The van der Waals surface area contributed by atoms with Gasteiger partial charge in [-0.2, -0.15) is 8.75 Å². The van der Waals surface area contributed by atoms with E-state index in [1.165, 1.54) is 11.7 Å². The predicted octanol–water partition coefficient (Wildman–Crippen LogP) is 5.72. The number of benzene rings is 2. The Bertz CT molecular complexity index is 1300. The van der Waals surface area contributed by atoms with Crippen LogP contribution in [0.15, 0.2) is 29.3 Å². The summed E-state index contributed by atoms with van der Waals surface area (Å²) in [5.74, 6) is 0.547. The number of hydrogen-bond acceptors (Lipinski definition) is 6. The lowest BCUT2D eigenvalue weighted by Gasteiger charge is -2.16. The largest absolute Gasteiger partial charge is 0.283 e. The average molecular weight is 402 g/mol. The Kier molecular flexibility index (Phi) is 4.21. The smallest absolute Gasteiger partial charge is 0.116 e. The highest BCUT2D eigenvalue weighted by Gasteiger charge is 2.31. The topological polar surface area (TPSA) is 63.9 Å². The van der Waals surface area contributed by atoms with Crippen molar-refractivity contribution < 1.29 is 0 Å². The molecule has 0 unspecified atom stereocenters. The highest BCUT2D eigenvalue weighted by atomic mass is 32.1. The van der Waals surface area contributed by atoms with Crippen LogP contribution in [0, 0.1) is 0 Å². The van der Waals surface area contributed by atoms with Crippen LogP contribution in [0.2, 0.25) is 0 Å². The van der Waals surface area contributed by atoms with Gasteiger partial charge in [0.25, 0.3) is 0 Å². The molecule has 6 heteroatoms. The Morgan fingerprint density at radius 1 is 0.793 bits per heavy atom. The second kappa shape index (κ2) is 6.66. The third-order valence-electron chi connectivity index (χ3n) is 5.54. The van der Waals surface area contributed by atoms with E-state index in [1.54, 1.807) is 0 Å². The number of aliphatic imine (C=N–C) groups is 1. The third-order valence-corrected chi connectivity index (χ3v) is 6.07. The van der Waals surface area contributed by atoms with Gasteiger partial charge < -0.3 is 0 Å². The van der Waals surface area contributed by atoms with Gasteiger partial charge in [-0.25, -0.2) is 9.97 Å². The van der Waals surface area contributed by atoms with E-state index in [1.807, 2.05) is 0 Å². The van der Waals surface area contributed by atoms with Gasteiger partial charge in [-0.15, -0.1) is 0 Å². The van der Waals surface area contributed by atoms with Gasteiger partial charge in [-0.3, -0.25) is 4.99 Å². The molecule has 0 radical (unpaired) electrons. The molecule has 4 aromatic rings. The van der Waals surface area contributed by atoms with Crippen molar-refractivity contribution in [1.82, 2.24) is 18.7 Å². The summed E-state index contributed by atoms with van der Waals surface area (Å²) in [7, 11) is 0. The molecule has 0 saturated carbocycles. The molecule has 0 spiro atoms. The van der Waals surface area contributed by atoms with Crippen LogP contribution in [0.3, 0.4) is 0 Å². The van der Waals surface area contributed by atoms with Gasteiger partial charge in [0, 0.05) is 28.8 Å². The summed E-state index contributed by atoms with van der Waals surface area (Å²) in [5, 5.41) is 0. The highest BCUT2D eigenvalue weighted by molar-refractivity contribution is 7.00. The van der Waals surface area contributed by atoms with E-state index in [0.717, 1.165) is 61.4 Å². The van der Waals surface area contributed by atoms with Crippen molar-refractivity contribution in [3.63, 3.8) is 0 Å². The third kappa shape index (κ3) is 2.55. The molecule has 0 saturated heterocycles. The fraction of sp³-hybridized carbons (Fsp3) is 0.348. The van der Waals surface area contributed by atoms with Crippen LogP contribution in [0.25, 0.3) is 33.3 Å². The number of hydrogen-bond donors (Lipinski definition) is 0. The number of nitrogens with zero attached hydrogens (tertiary/aromatic N) is 5. The van der Waals surface area contributed by atoms with E-state index >= 15 is 0 Å². The molecule has 0 N–H and O–H groups in total. The molecule has 2 aromatic carbocycles. The quantitative estimate of drug-likeness (QED) is 0.388. The lowest BCUT2D eigenvalue weighted by atomic mass is 9.92. The second-order valence-corrected chi connectivity index (χ2v) is 8.61. The number of fused-ring (bicyclic) bond motifs is 5. The van der Waals surface area contributed by atoms with Crippen molar-refractivity contribution in [2.45, 2.75) is 46.5 Å². The first-order valence-corrected chi connectivity index (χ1v) is 10.9. The van der Waals surface area contributed by atoms with Crippen LogP contribution in [0.1, 0.15) is 68.8 Å². The molecule has 5 nitrogen and oxygen atoms in total. The van der Waals surface area contributed by atoms with E-state index in [9.17, 15) is 0 Å². The Labute approximate surface area is 174 Å². The number of rotatable bonds is 3. The monoisotopic (exact) mass is 401 g/mol. The van der Waals surface area contributed by atoms with Crippen LogP contribution < -0.4 is 0 Å². The number of aromatic nitrogens is 4. The molecule has 0 atom stereocenters. The first-order chi connectivity index (χ1) is 14.0. The SMILES string of the molecule is CCN=C1c2ccccc2-c2nc3c(C(C)C)c4nsnc4c(C(C)C)c3nc21. The van der Waals surface area contributed by atoms with Crippen LogP contribution in [-0.4, -0.2) is 31.0 Å². The molecular formula is C23H23N5S. The molecule has 2 heterocycles. The Balaban J connectivity index is 1.99. The van der Waals surface area contributed by atoms with Gasteiger partial charge in [-0.1, -0.05) is 52.0 Å². The summed E-state index contributed by atoms with van der Waals surface area (Å²) >= 11 is 1.27. The molecule has 5 rings (SSSR count). The van der Waals surface area contributed by atoms with Crippen molar-refractivity contribution in [2.24, 2.45) is 4.99 Å². The zero-order valence-electron chi connectivity index (χ0n) is 17.3. The van der Waals surface area contributed by atoms with Crippen LogP contribution >= 0.6 is 11.7 Å². The van der Waals surface area contributed by atoms with E-state index < -0.39 is 0 Å². The van der Waals surface area contributed by atoms with Gasteiger partial charge in [0.15, 0.2) is 0 Å². The van der Waals surface area contributed by atoms with Crippen LogP contribution in [0.4, 0.5) is 0 Å². The van der Waals surface area contributed by atoms with Crippen molar-refractivity contribution in [3.05, 3.63) is 46.6 Å². The fourth-order valence-electron chi connectivity index (χ4n) is 4.37. The Morgan fingerprint density at radius 2 is 1.34 bits per heavy atom. The Hall–Kier alpha value is -2.73.